The van der Waals surface area contributed by atoms with E-state index in [0.717, 1.165) is 24.2 Å². The minimum atomic E-state index is -0.485. The average molecular weight is 454 g/mol. The number of unbranched alkanes of at least 4 members (excludes halogenated alkanes) is 3. The summed E-state index contributed by atoms with van der Waals surface area (Å²) in [5.74, 6) is 0.237. The number of hydrogen-bond donors (Lipinski definition) is 0. The van der Waals surface area contributed by atoms with E-state index in [1.54, 1.807) is 54.7 Å². The van der Waals surface area contributed by atoms with Crippen molar-refractivity contribution in [2.45, 2.75) is 32.6 Å². The Morgan fingerprint density at radius 3 is 2.38 bits per heavy atom. The number of aliphatic imine (C=N–C) groups is 1. The van der Waals surface area contributed by atoms with E-state index in [4.69, 9.17) is 21.1 Å². The van der Waals surface area contributed by atoms with E-state index in [9.17, 15) is 9.18 Å². The maximum absolute atomic E-state index is 13.2. The molecule has 166 valence electrons. The molecule has 0 N–H and O–H groups in total. The van der Waals surface area contributed by atoms with E-state index in [1.807, 2.05) is 0 Å². The van der Waals surface area contributed by atoms with Gasteiger partial charge in [-0.25, -0.2) is 9.18 Å². The zero-order valence-corrected chi connectivity index (χ0v) is 18.6. The molecule has 0 saturated heterocycles. The highest BCUT2D eigenvalue weighted by atomic mass is 35.5. The smallest absolute Gasteiger partial charge is 0.343 e. The molecule has 0 aliphatic rings. The molecule has 0 heterocycles. The lowest BCUT2D eigenvalue weighted by Crippen LogP contribution is -2.08. The van der Waals surface area contributed by atoms with Gasteiger partial charge in [0.05, 0.1) is 22.9 Å². The highest BCUT2D eigenvalue weighted by Gasteiger charge is 2.09. The third-order valence-electron chi connectivity index (χ3n) is 4.71. The summed E-state index contributed by atoms with van der Waals surface area (Å²) in [4.78, 5) is 16.6. The largest absolute Gasteiger partial charge is 0.494 e. The van der Waals surface area contributed by atoms with Gasteiger partial charge >= 0.3 is 5.97 Å². The predicted octanol–water partition coefficient (Wildman–Crippen LogP) is 7.41. The summed E-state index contributed by atoms with van der Waals surface area (Å²) in [6.07, 6.45) is 6.21. The Morgan fingerprint density at radius 1 is 0.969 bits per heavy atom. The van der Waals surface area contributed by atoms with Crippen molar-refractivity contribution in [1.29, 1.82) is 0 Å². The first-order chi connectivity index (χ1) is 15.5. The van der Waals surface area contributed by atoms with Gasteiger partial charge in [0.15, 0.2) is 0 Å². The summed E-state index contributed by atoms with van der Waals surface area (Å²) >= 11 is 5.76. The fraction of sp³-hybridized carbons (Fsp3) is 0.231. The molecular formula is C26H25ClFNO3. The zero-order chi connectivity index (χ0) is 22.8. The van der Waals surface area contributed by atoms with Crippen molar-refractivity contribution in [2.75, 3.05) is 6.61 Å². The average Bonchev–Trinajstić information content (AvgIpc) is 2.81. The Kier molecular flexibility index (Phi) is 8.81. The van der Waals surface area contributed by atoms with E-state index in [1.165, 1.54) is 31.0 Å². The Hall–Kier alpha value is -3.18. The van der Waals surface area contributed by atoms with Crippen LogP contribution in [0, 0.1) is 5.82 Å². The number of ether oxygens (including phenoxy) is 2. The molecule has 0 amide bonds. The van der Waals surface area contributed by atoms with Crippen molar-refractivity contribution in [2.24, 2.45) is 4.99 Å². The van der Waals surface area contributed by atoms with Crippen LogP contribution in [0.4, 0.5) is 10.1 Å². The Morgan fingerprint density at radius 2 is 1.69 bits per heavy atom. The van der Waals surface area contributed by atoms with Crippen LogP contribution in [0.15, 0.2) is 71.7 Å². The minimum Gasteiger partial charge on any atom is -0.494 e. The SMILES string of the molecule is CCCCCCOc1ccc(C(=O)Oc2ccc(C=Nc3ccc(F)c(Cl)c3)cc2)cc1. The fourth-order valence-electron chi connectivity index (χ4n) is 2.91. The van der Waals surface area contributed by atoms with Gasteiger partial charge in [-0.2, -0.15) is 0 Å². The molecule has 0 saturated carbocycles. The second kappa shape index (κ2) is 12.0. The molecular weight excluding hydrogens is 429 g/mol. The molecule has 4 nitrogen and oxygen atoms in total. The number of nitrogens with zero attached hydrogens (tertiary/aromatic N) is 1. The van der Waals surface area contributed by atoms with Gasteiger partial charge in [0, 0.05) is 6.21 Å². The van der Waals surface area contributed by atoms with Gasteiger partial charge in [0.1, 0.15) is 17.3 Å². The Labute approximate surface area is 192 Å². The molecule has 3 rings (SSSR count). The van der Waals surface area contributed by atoms with Gasteiger partial charge in [-0.3, -0.25) is 4.99 Å². The van der Waals surface area contributed by atoms with Crippen LogP contribution in [0.25, 0.3) is 0 Å². The first kappa shape index (κ1) is 23.5. The molecule has 0 spiro atoms. The number of hydrogen-bond acceptors (Lipinski definition) is 4. The van der Waals surface area contributed by atoms with Gasteiger partial charge in [-0.15, -0.1) is 0 Å². The van der Waals surface area contributed by atoms with Crippen LogP contribution in [0.5, 0.6) is 11.5 Å². The molecule has 0 aliphatic carbocycles. The summed E-state index contributed by atoms with van der Waals surface area (Å²) in [5.41, 5.74) is 1.79. The monoisotopic (exact) mass is 453 g/mol. The molecule has 6 heteroatoms. The highest BCUT2D eigenvalue weighted by molar-refractivity contribution is 6.31. The van der Waals surface area contributed by atoms with E-state index in [2.05, 4.69) is 11.9 Å². The molecule has 0 aliphatic heterocycles. The summed E-state index contributed by atoms with van der Waals surface area (Å²) in [5, 5.41) is 0.0217. The fourth-order valence-corrected chi connectivity index (χ4v) is 3.08. The number of carbonyl (C=O) groups excluding carboxylic acids is 1. The van der Waals surface area contributed by atoms with Gasteiger partial charge in [0.2, 0.25) is 0 Å². The zero-order valence-electron chi connectivity index (χ0n) is 17.9. The third kappa shape index (κ3) is 7.20. The number of benzene rings is 3. The van der Waals surface area contributed by atoms with E-state index in [-0.39, 0.29) is 5.02 Å². The Bertz CT molecular complexity index is 1050. The molecule has 0 unspecified atom stereocenters. The van der Waals surface area contributed by atoms with Crippen molar-refractivity contribution >= 4 is 29.5 Å². The molecule has 0 aromatic heterocycles. The van der Waals surface area contributed by atoms with Gasteiger partial charge in [-0.1, -0.05) is 37.8 Å². The summed E-state index contributed by atoms with van der Waals surface area (Å²) in [6.45, 7) is 2.85. The standard InChI is InChI=1S/C26H25ClFNO3/c1-2-3-4-5-16-31-22-13-8-20(9-14-22)26(30)32-23-11-6-19(7-12-23)18-29-21-10-15-25(28)24(27)17-21/h6-15,17-18H,2-5,16H2,1H3. The summed E-state index contributed by atoms with van der Waals surface area (Å²) in [6, 6.07) is 18.1. The van der Waals surface area contributed by atoms with Gasteiger partial charge < -0.3 is 9.47 Å². The molecule has 0 radical (unpaired) electrons. The lowest BCUT2D eigenvalue weighted by molar-refractivity contribution is 0.0734. The molecule has 3 aromatic carbocycles. The lowest BCUT2D eigenvalue weighted by Gasteiger charge is -2.08. The molecule has 3 aromatic rings. The topological polar surface area (TPSA) is 47.9 Å². The van der Waals surface area contributed by atoms with Crippen LogP contribution in [-0.4, -0.2) is 18.8 Å². The van der Waals surface area contributed by atoms with Crippen LogP contribution in [0.1, 0.15) is 48.5 Å². The van der Waals surface area contributed by atoms with Crippen molar-refractivity contribution in [3.05, 3.63) is 88.7 Å². The highest BCUT2D eigenvalue weighted by Crippen LogP contribution is 2.22. The van der Waals surface area contributed by atoms with Crippen LogP contribution in [0.2, 0.25) is 5.02 Å². The summed E-state index contributed by atoms with van der Waals surface area (Å²) < 4.78 is 24.3. The first-order valence-corrected chi connectivity index (χ1v) is 11.0. The minimum absolute atomic E-state index is 0.0217. The second-order valence-electron chi connectivity index (χ2n) is 7.25. The van der Waals surface area contributed by atoms with Crippen LogP contribution < -0.4 is 9.47 Å². The van der Waals surface area contributed by atoms with Crippen molar-refractivity contribution in [1.82, 2.24) is 0 Å². The summed E-state index contributed by atoms with van der Waals surface area (Å²) in [7, 11) is 0. The number of esters is 1. The quantitative estimate of drug-likeness (QED) is 0.139. The lowest BCUT2D eigenvalue weighted by atomic mass is 10.2. The maximum atomic E-state index is 13.2. The Balaban J connectivity index is 1.51. The second-order valence-corrected chi connectivity index (χ2v) is 7.66. The van der Waals surface area contributed by atoms with E-state index >= 15 is 0 Å². The molecule has 0 fully saturated rings. The van der Waals surface area contributed by atoms with E-state index < -0.39 is 11.8 Å². The number of carbonyl (C=O) groups is 1. The van der Waals surface area contributed by atoms with Crippen LogP contribution in [-0.2, 0) is 0 Å². The van der Waals surface area contributed by atoms with Gasteiger partial charge in [-0.05, 0) is 78.7 Å². The van der Waals surface area contributed by atoms with Crippen LogP contribution >= 0.6 is 11.6 Å². The molecule has 32 heavy (non-hydrogen) atoms. The van der Waals surface area contributed by atoms with Crippen molar-refractivity contribution in [3.8, 4) is 11.5 Å². The maximum Gasteiger partial charge on any atom is 0.343 e. The van der Waals surface area contributed by atoms with E-state index in [0.29, 0.717) is 23.6 Å². The molecule has 0 bridgehead atoms. The first-order valence-electron chi connectivity index (χ1n) is 10.6. The number of halogens is 2. The van der Waals surface area contributed by atoms with Crippen molar-refractivity contribution < 1.29 is 18.7 Å². The number of rotatable bonds is 10. The normalized spacial score (nSPS) is 11.0. The van der Waals surface area contributed by atoms with Crippen LogP contribution in [0.3, 0.4) is 0 Å². The molecule has 0 atom stereocenters. The third-order valence-corrected chi connectivity index (χ3v) is 5.00. The predicted molar refractivity (Wildman–Crippen MR) is 126 cm³/mol. The van der Waals surface area contributed by atoms with Crippen molar-refractivity contribution in [3.63, 3.8) is 0 Å². The van der Waals surface area contributed by atoms with Gasteiger partial charge in [0.25, 0.3) is 0 Å².